The van der Waals surface area contributed by atoms with Crippen molar-refractivity contribution in [2.75, 3.05) is 26.0 Å². The number of ether oxygens (including phenoxy) is 1. The summed E-state index contributed by atoms with van der Waals surface area (Å²) in [6, 6.07) is 0.590. The van der Waals surface area contributed by atoms with Gasteiger partial charge in [-0.15, -0.1) is 0 Å². The first-order valence-corrected chi connectivity index (χ1v) is 8.20. The predicted molar refractivity (Wildman–Crippen MR) is 74.9 cm³/mol. The molecule has 1 unspecified atom stereocenters. The zero-order valence-electron chi connectivity index (χ0n) is 11.1. The van der Waals surface area contributed by atoms with Crippen LogP contribution in [0.2, 0.25) is 0 Å². The van der Waals surface area contributed by atoms with Crippen molar-refractivity contribution < 1.29 is 9.53 Å². The van der Waals surface area contributed by atoms with Crippen molar-refractivity contribution in [1.82, 2.24) is 10.6 Å². The van der Waals surface area contributed by atoms with Gasteiger partial charge in [-0.05, 0) is 31.9 Å². The van der Waals surface area contributed by atoms with Gasteiger partial charge in [0.05, 0.1) is 13.2 Å². The minimum atomic E-state index is 0.172. The van der Waals surface area contributed by atoms with Crippen LogP contribution >= 0.6 is 11.8 Å². The fraction of sp³-hybridized carbons (Fsp3) is 0.923. The topological polar surface area (TPSA) is 50.4 Å². The highest BCUT2D eigenvalue weighted by atomic mass is 32.2. The Bertz CT molecular complexity index is 262. The van der Waals surface area contributed by atoms with Crippen LogP contribution in [0.15, 0.2) is 0 Å². The smallest absolute Gasteiger partial charge is 0.221 e. The summed E-state index contributed by atoms with van der Waals surface area (Å²) in [5.74, 6) is 0.172. The third-order valence-electron chi connectivity index (χ3n) is 3.80. The first kappa shape index (κ1) is 14.2. The second kappa shape index (κ2) is 7.36. The van der Waals surface area contributed by atoms with Crippen molar-refractivity contribution in [3.8, 4) is 0 Å². The van der Waals surface area contributed by atoms with Crippen LogP contribution in [0.4, 0.5) is 0 Å². The van der Waals surface area contributed by atoms with E-state index in [9.17, 15) is 4.79 Å². The third kappa shape index (κ3) is 4.44. The summed E-state index contributed by atoms with van der Waals surface area (Å²) in [7, 11) is 0. The molecular weight excluding hydrogens is 248 g/mol. The highest BCUT2D eigenvalue weighted by molar-refractivity contribution is 7.99. The van der Waals surface area contributed by atoms with Gasteiger partial charge in [-0.3, -0.25) is 4.79 Å². The molecule has 0 bridgehead atoms. The molecule has 0 aromatic heterocycles. The minimum Gasteiger partial charge on any atom is -0.378 e. The van der Waals surface area contributed by atoms with E-state index in [1.165, 1.54) is 12.8 Å². The van der Waals surface area contributed by atoms with E-state index in [1.54, 1.807) is 0 Å². The largest absolute Gasteiger partial charge is 0.378 e. The Morgan fingerprint density at radius 1 is 1.39 bits per heavy atom. The quantitative estimate of drug-likeness (QED) is 0.806. The summed E-state index contributed by atoms with van der Waals surface area (Å²) < 4.78 is 5.36. The lowest BCUT2D eigenvalue weighted by atomic mass is 9.95. The van der Waals surface area contributed by atoms with E-state index in [2.05, 4.69) is 16.9 Å². The first-order chi connectivity index (χ1) is 8.78. The summed E-state index contributed by atoms with van der Waals surface area (Å²) in [5, 5.41) is 7.28. The fourth-order valence-electron chi connectivity index (χ4n) is 2.70. The normalized spacial score (nSPS) is 33.1. The average molecular weight is 272 g/mol. The van der Waals surface area contributed by atoms with Gasteiger partial charge in [-0.25, -0.2) is 0 Å². The standard InChI is InChI=1S/C13H24N2O2S/c1-18-12-4-2-10(3-5-12)15-13(16)8-11-9-17-7-6-14-11/h10-12,14H,2-9H2,1H3,(H,15,16). The number of hydrogen-bond donors (Lipinski definition) is 2. The predicted octanol–water partition coefficient (Wildman–Crippen LogP) is 1.16. The molecule has 2 aliphatic rings. The van der Waals surface area contributed by atoms with Crippen LogP contribution in [-0.2, 0) is 9.53 Å². The highest BCUT2D eigenvalue weighted by Gasteiger charge is 2.23. The van der Waals surface area contributed by atoms with Crippen LogP contribution in [0.5, 0.6) is 0 Å². The van der Waals surface area contributed by atoms with E-state index in [4.69, 9.17) is 4.74 Å². The maximum absolute atomic E-state index is 11.9. The van der Waals surface area contributed by atoms with Gasteiger partial charge in [-0.1, -0.05) is 0 Å². The Kier molecular flexibility index (Phi) is 5.79. The highest BCUT2D eigenvalue weighted by Crippen LogP contribution is 2.26. The number of nitrogens with one attached hydrogen (secondary N) is 2. The van der Waals surface area contributed by atoms with Gasteiger partial charge in [0.2, 0.25) is 5.91 Å². The molecule has 1 saturated heterocycles. The zero-order valence-corrected chi connectivity index (χ0v) is 11.9. The van der Waals surface area contributed by atoms with Gasteiger partial charge in [-0.2, -0.15) is 11.8 Å². The Morgan fingerprint density at radius 2 is 2.17 bits per heavy atom. The number of amides is 1. The molecule has 1 atom stereocenters. The molecule has 0 aromatic carbocycles. The van der Waals surface area contributed by atoms with Gasteiger partial charge in [0.25, 0.3) is 0 Å². The first-order valence-electron chi connectivity index (χ1n) is 6.91. The molecule has 5 heteroatoms. The van der Waals surface area contributed by atoms with Crippen molar-refractivity contribution in [3.05, 3.63) is 0 Å². The van der Waals surface area contributed by atoms with E-state index < -0.39 is 0 Å². The molecule has 1 amide bonds. The molecule has 0 radical (unpaired) electrons. The van der Waals surface area contributed by atoms with Gasteiger partial charge in [0.15, 0.2) is 0 Å². The molecule has 1 aliphatic carbocycles. The number of thioether (sulfide) groups is 1. The SMILES string of the molecule is CSC1CCC(NC(=O)CC2COCCN2)CC1. The summed E-state index contributed by atoms with van der Waals surface area (Å²) >= 11 is 1.96. The monoisotopic (exact) mass is 272 g/mol. The molecule has 0 spiro atoms. The Hall–Kier alpha value is -0.260. The van der Waals surface area contributed by atoms with Crippen LogP contribution < -0.4 is 10.6 Å². The van der Waals surface area contributed by atoms with Crippen molar-refractivity contribution >= 4 is 17.7 Å². The lowest BCUT2D eigenvalue weighted by molar-refractivity contribution is -0.123. The maximum Gasteiger partial charge on any atom is 0.221 e. The third-order valence-corrected chi connectivity index (χ3v) is 4.94. The van der Waals surface area contributed by atoms with E-state index in [1.807, 2.05) is 11.8 Å². The average Bonchev–Trinajstić information content (AvgIpc) is 2.40. The van der Waals surface area contributed by atoms with Gasteiger partial charge in [0.1, 0.15) is 0 Å². The van der Waals surface area contributed by atoms with Crippen molar-refractivity contribution in [2.45, 2.75) is 49.4 Å². The fourth-order valence-corrected chi connectivity index (χ4v) is 3.45. The van der Waals surface area contributed by atoms with Crippen LogP contribution in [-0.4, -0.2) is 49.3 Å². The minimum absolute atomic E-state index is 0.172. The lowest BCUT2D eigenvalue weighted by Gasteiger charge is -2.29. The van der Waals surface area contributed by atoms with E-state index >= 15 is 0 Å². The number of hydrogen-bond acceptors (Lipinski definition) is 4. The molecule has 1 heterocycles. The van der Waals surface area contributed by atoms with Crippen molar-refractivity contribution in [1.29, 1.82) is 0 Å². The lowest BCUT2D eigenvalue weighted by Crippen LogP contribution is -2.46. The molecule has 1 saturated carbocycles. The molecule has 2 fully saturated rings. The summed E-state index contributed by atoms with van der Waals surface area (Å²) in [5.41, 5.74) is 0. The molecule has 4 nitrogen and oxygen atoms in total. The van der Waals surface area contributed by atoms with Crippen LogP contribution in [0.25, 0.3) is 0 Å². The molecule has 104 valence electrons. The second-order valence-corrected chi connectivity index (χ2v) is 6.35. The molecule has 2 N–H and O–H groups in total. The molecule has 0 aromatic rings. The second-order valence-electron chi connectivity index (χ2n) is 5.21. The Morgan fingerprint density at radius 3 is 2.78 bits per heavy atom. The van der Waals surface area contributed by atoms with Crippen LogP contribution in [0, 0.1) is 0 Å². The molecular formula is C13H24N2O2S. The Balaban J connectivity index is 1.65. The molecule has 2 rings (SSSR count). The van der Waals surface area contributed by atoms with Crippen LogP contribution in [0.3, 0.4) is 0 Å². The van der Waals surface area contributed by atoms with E-state index in [0.29, 0.717) is 19.1 Å². The summed E-state index contributed by atoms with van der Waals surface area (Å²) in [6.07, 6.45) is 7.45. The number of morpholine rings is 1. The van der Waals surface area contributed by atoms with Crippen molar-refractivity contribution in [3.63, 3.8) is 0 Å². The molecule has 1 aliphatic heterocycles. The Labute approximate surface area is 114 Å². The van der Waals surface area contributed by atoms with Gasteiger partial charge in [0, 0.05) is 30.3 Å². The van der Waals surface area contributed by atoms with E-state index in [0.717, 1.165) is 31.2 Å². The maximum atomic E-state index is 11.9. The van der Waals surface area contributed by atoms with Crippen LogP contribution in [0.1, 0.15) is 32.1 Å². The molecule has 18 heavy (non-hydrogen) atoms. The number of carbonyl (C=O) groups excluding carboxylic acids is 1. The van der Waals surface area contributed by atoms with Gasteiger partial charge >= 0.3 is 0 Å². The number of carbonyl (C=O) groups is 1. The van der Waals surface area contributed by atoms with Crippen molar-refractivity contribution in [2.24, 2.45) is 0 Å². The zero-order chi connectivity index (χ0) is 12.8. The summed E-state index contributed by atoms with van der Waals surface area (Å²) in [6.45, 7) is 2.28. The summed E-state index contributed by atoms with van der Waals surface area (Å²) in [4.78, 5) is 11.9. The van der Waals surface area contributed by atoms with E-state index in [-0.39, 0.29) is 11.9 Å². The van der Waals surface area contributed by atoms with Gasteiger partial charge < -0.3 is 15.4 Å². The number of rotatable bonds is 4.